The molecule has 0 aliphatic rings. The number of hydrogen-bond acceptors (Lipinski definition) is 5. The normalized spacial score (nSPS) is 12.8. The van der Waals surface area contributed by atoms with E-state index in [4.69, 9.17) is 10.5 Å². The van der Waals surface area contributed by atoms with Crippen LogP contribution in [0, 0.1) is 11.6 Å². The second-order valence-electron chi connectivity index (χ2n) is 5.69. The number of benzene rings is 2. The van der Waals surface area contributed by atoms with Crippen LogP contribution >= 0.6 is 0 Å². The fraction of sp³-hybridized carbons (Fsp3) is 0.176. The van der Waals surface area contributed by atoms with Gasteiger partial charge in [-0.1, -0.05) is 0 Å². The van der Waals surface area contributed by atoms with E-state index in [1.807, 2.05) is 0 Å². The molecule has 0 radical (unpaired) electrons. The molecule has 0 saturated heterocycles. The minimum Gasteiger partial charge on any atom is -0.479 e. The van der Waals surface area contributed by atoms with Crippen LogP contribution in [0.25, 0.3) is 10.9 Å². The Bertz CT molecular complexity index is 993. The maximum atomic E-state index is 14.3. The maximum absolute atomic E-state index is 14.3. The van der Waals surface area contributed by atoms with Crippen LogP contribution in [-0.2, 0) is 0 Å². The number of aromatic nitrogens is 2. The molecule has 0 amide bonds. The molecule has 0 unspecified atom stereocenters. The summed E-state index contributed by atoms with van der Waals surface area (Å²) in [4.78, 5) is 7.82. The lowest BCUT2D eigenvalue weighted by molar-refractivity contribution is -0.189. The summed E-state index contributed by atoms with van der Waals surface area (Å²) in [5, 5.41) is 2.65. The third kappa shape index (κ3) is 3.99. The number of fused-ring (bicyclic) bond motifs is 1. The highest BCUT2D eigenvalue weighted by molar-refractivity contribution is 5.93. The Morgan fingerprint density at radius 1 is 1.11 bits per heavy atom. The first-order chi connectivity index (χ1) is 12.6. The molecule has 3 aromatic rings. The number of nitrogens with zero attached hydrogens (tertiary/aromatic N) is 2. The second kappa shape index (κ2) is 6.86. The first kappa shape index (κ1) is 18.6. The third-order valence-electron chi connectivity index (χ3n) is 3.67. The molecule has 1 atom stereocenters. The minimum absolute atomic E-state index is 0.0224. The number of hydrogen-bond donors (Lipinski definition) is 2. The molecule has 0 spiro atoms. The van der Waals surface area contributed by atoms with Crippen molar-refractivity contribution in [3.05, 3.63) is 48.3 Å². The van der Waals surface area contributed by atoms with Gasteiger partial charge in [0.2, 0.25) is 0 Å². The lowest BCUT2D eigenvalue weighted by Gasteiger charge is -2.20. The van der Waals surface area contributed by atoms with Crippen molar-refractivity contribution < 1.29 is 26.7 Å². The largest absolute Gasteiger partial charge is 0.479 e. The van der Waals surface area contributed by atoms with Crippen LogP contribution in [-0.4, -0.2) is 22.2 Å². The molecule has 10 heteroatoms. The molecule has 0 bridgehead atoms. The van der Waals surface area contributed by atoms with E-state index in [-0.39, 0.29) is 28.1 Å². The highest BCUT2D eigenvalue weighted by Gasteiger charge is 2.38. The summed E-state index contributed by atoms with van der Waals surface area (Å²) in [6.07, 6.45) is -5.70. The molecule has 3 N–H and O–H groups in total. The summed E-state index contributed by atoms with van der Waals surface area (Å²) >= 11 is 0. The quantitative estimate of drug-likeness (QED) is 0.510. The maximum Gasteiger partial charge on any atom is 0.425 e. The van der Waals surface area contributed by atoms with Gasteiger partial charge in [0.15, 0.2) is 6.10 Å². The zero-order valence-electron chi connectivity index (χ0n) is 13.8. The first-order valence-corrected chi connectivity index (χ1v) is 7.65. The number of ether oxygens (including phenoxy) is 1. The van der Waals surface area contributed by atoms with E-state index in [9.17, 15) is 22.0 Å². The lowest BCUT2D eigenvalue weighted by Crippen LogP contribution is -2.31. The van der Waals surface area contributed by atoms with Gasteiger partial charge in [-0.15, -0.1) is 0 Å². The number of anilines is 3. The highest BCUT2D eigenvalue weighted by Crippen LogP contribution is 2.34. The average molecular weight is 384 g/mol. The van der Waals surface area contributed by atoms with Crippen LogP contribution in [0.2, 0.25) is 0 Å². The monoisotopic (exact) mass is 384 g/mol. The fourth-order valence-corrected chi connectivity index (χ4v) is 2.34. The van der Waals surface area contributed by atoms with Gasteiger partial charge in [-0.2, -0.15) is 13.2 Å². The minimum atomic E-state index is -4.64. The average Bonchev–Trinajstić information content (AvgIpc) is 2.56. The summed E-state index contributed by atoms with van der Waals surface area (Å²) in [5.41, 5.74) is 5.89. The molecule has 3 rings (SSSR count). The molecule has 5 nitrogen and oxygen atoms in total. The molecular formula is C17H13F5N4O. The van der Waals surface area contributed by atoms with Gasteiger partial charge in [0.05, 0.1) is 16.6 Å². The summed E-state index contributed by atoms with van der Waals surface area (Å²) in [6.45, 7) is 0.789. The Kier molecular flexibility index (Phi) is 4.73. The Hall–Kier alpha value is -3.17. The topological polar surface area (TPSA) is 73.1 Å². The van der Waals surface area contributed by atoms with E-state index in [0.29, 0.717) is 0 Å². The van der Waals surface area contributed by atoms with Crippen molar-refractivity contribution in [3.8, 4) is 5.75 Å². The predicted octanol–water partition coefficient (Wildman–Crippen LogP) is 4.56. The lowest BCUT2D eigenvalue weighted by atomic mass is 10.2. The number of nitrogen functional groups attached to an aromatic ring is 1. The van der Waals surface area contributed by atoms with E-state index in [1.54, 1.807) is 0 Å². The van der Waals surface area contributed by atoms with E-state index in [1.165, 1.54) is 6.07 Å². The van der Waals surface area contributed by atoms with Crippen molar-refractivity contribution in [2.75, 3.05) is 11.1 Å². The van der Waals surface area contributed by atoms with Crippen LogP contribution < -0.4 is 15.8 Å². The summed E-state index contributed by atoms with van der Waals surface area (Å²) in [6, 6.07) is 5.45. The van der Waals surface area contributed by atoms with Gasteiger partial charge in [0.25, 0.3) is 0 Å². The highest BCUT2D eigenvalue weighted by atomic mass is 19.4. The smallest absolute Gasteiger partial charge is 0.425 e. The van der Waals surface area contributed by atoms with Crippen LogP contribution in [0.4, 0.5) is 39.1 Å². The molecule has 142 valence electrons. The number of nitrogens with two attached hydrogens (primary N) is 1. The van der Waals surface area contributed by atoms with Gasteiger partial charge < -0.3 is 15.8 Å². The molecular weight excluding hydrogens is 371 g/mol. The molecule has 1 heterocycles. The summed E-state index contributed by atoms with van der Waals surface area (Å²) < 4.78 is 71.0. The van der Waals surface area contributed by atoms with Gasteiger partial charge in [-0.05, 0) is 31.2 Å². The first-order valence-electron chi connectivity index (χ1n) is 7.65. The molecule has 0 aliphatic heterocycles. The van der Waals surface area contributed by atoms with Crippen LogP contribution in [0.3, 0.4) is 0 Å². The zero-order chi connectivity index (χ0) is 19.8. The fourth-order valence-electron chi connectivity index (χ4n) is 2.34. The van der Waals surface area contributed by atoms with E-state index in [2.05, 4.69) is 15.3 Å². The van der Waals surface area contributed by atoms with Crippen molar-refractivity contribution in [1.82, 2.24) is 9.97 Å². The van der Waals surface area contributed by atoms with Gasteiger partial charge in [-0.3, -0.25) is 0 Å². The van der Waals surface area contributed by atoms with Crippen LogP contribution in [0.15, 0.2) is 36.7 Å². The Morgan fingerprint density at radius 2 is 1.85 bits per heavy atom. The Morgan fingerprint density at radius 3 is 2.56 bits per heavy atom. The van der Waals surface area contributed by atoms with Crippen molar-refractivity contribution in [1.29, 1.82) is 0 Å². The number of halogens is 5. The summed E-state index contributed by atoms with van der Waals surface area (Å²) in [5.74, 6) is -1.95. The predicted molar refractivity (Wildman–Crippen MR) is 89.7 cm³/mol. The van der Waals surface area contributed by atoms with Gasteiger partial charge in [0, 0.05) is 11.8 Å². The molecule has 0 fully saturated rings. The van der Waals surface area contributed by atoms with Crippen molar-refractivity contribution in [2.24, 2.45) is 0 Å². The van der Waals surface area contributed by atoms with E-state index < -0.39 is 29.7 Å². The van der Waals surface area contributed by atoms with Crippen molar-refractivity contribution in [3.63, 3.8) is 0 Å². The van der Waals surface area contributed by atoms with Crippen LogP contribution in [0.1, 0.15) is 6.92 Å². The second-order valence-corrected chi connectivity index (χ2v) is 5.69. The molecule has 1 aromatic heterocycles. The zero-order valence-corrected chi connectivity index (χ0v) is 13.8. The van der Waals surface area contributed by atoms with E-state index in [0.717, 1.165) is 37.5 Å². The molecule has 27 heavy (non-hydrogen) atoms. The van der Waals surface area contributed by atoms with Gasteiger partial charge in [0.1, 0.15) is 29.5 Å². The van der Waals surface area contributed by atoms with Crippen molar-refractivity contribution in [2.45, 2.75) is 19.2 Å². The Balaban J connectivity index is 2.03. The van der Waals surface area contributed by atoms with Crippen molar-refractivity contribution >= 4 is 28.1 Å². The number of nitrogens with one attached hydrogen (secondary N) is 1. The summed E-state index contributed by atoms with van der Waals surface area (Å²) in [7, 11) is 0. The number of rotatable bonds is 4. The molecule has 2 aromatic carbocycles. The van der Waals surface area contributed by atoms with E-state index >= 15 is 0 Å². The van der Waals surface area contributed by atoms with Gasteiger partial charge >= 0.3 is 6.18 Å². The molecule has 0 aliphatic carbocycles. The molecule has 0 saturated carbocycles. The van der Waals surface area contributed by atoms with Crippen LogP contribution in [0.5, 0.6) is 5.75 Å². The number of alkyl halides is 3. The SMILES string of the molecule is C[C@@H](Oc1cc(F)ccc1Nc1ncnc2cc(N)cc(F)c12)C(F)(F)F. The standard InChI is InChI=1S/C17H13F5N4O/c1-8(17(20,21)22)27-14-4-9(18)2-3-12(14)26-16-15-11(19)5-10(23)6-13(15)24-7-25-16/h2-8H,23H2,1H3,(H,24,25,26)/t8-/m1/s1. The Labute approximate surface area is 150 Å². The third-order valence-corrected chi connectivity index (χ3v) is 3.67. The van der Waals surface area contributed by atoms with Gasteiger partial charge in [-0.25, -0.2) is 18.7 Å².